The molecule has 1 aliphatic carbocycles. The van der Waals surface area contributed by atoms with Gasteiger partial charge in [-0.05, 0) is 51.5 Å². The highest BCUT2D eigenvalue weighted by atomic mass is 16.4. The van der Waals surface area contributed by atoms with Crippen LogP contribution < -0.4 is 0 Å². The van der Waals surface area contributed by atoms with Gasteiger partial charge in [0.1, 0.15) is 5.54 Å². The molecule has 1 saturated heterocycles. The zero-order valence-electron chi connectivity index (χ0n) is 11.1. The molecule has 3 heteroatoms. The van der Waals surface area contributed by atoms with Crippen molar-refractivity contribution >= 4 is 5.97 Å². The van der Waals surface area contributed by atoms with E-state index in [0.717, 1.165) is 31.7 Å². The fraction of sp³-hybridized carbons (Fsp3) is 0.929. The van der Waals surface area contributed by atoms with Crippen molar-refractivity contribution in [3.8, 4) is 0 Å². The Hall–Kier alpha value is -0.570. The highest BCUT2D eigenvalue weighted by Gasteiger charge is 2.44. The van der Waals surface area contributed by atoms with Crippen molar-refractivity contribution in [2.75, 3.05) is 6.54 Å². The third-order valence-corrected chi connectivity index (χ3v) is 4.76. The Labute approximate surface area is 104 Å². The predicted molar refractivity (Wildman–Crippen MR) is 68.0 cm³/mol. The van der Waals surface area contributed by atoms with Crippen LogP contribution in [0.25, 0.3) is 0 Å². The second-order valence-corrected chi connectivity index (χ2v) is 6.16. The Morgan fingerprint density at radius 2 is 2.06 bits per heavy atom. The molecule has 2 rings (SSSR count). The number of aliphatic carboxylic acids is 1. The zero-order valence-corrected chi connectivity index (χ0v) is 11.1. The molecule has 3 nitrogen and oxygen atoms in total. The number of hydrogen-bond donors (Lipinski definition) is 1. The van der Waals surface area contributed by atoms with E-state index in [0.29, 0.717) is 6.04 Å². The summed E-state index contributed by atoms with van der Waals surface area (Å²) in [6, 6.07) is 0.500. The minimum absolute atomic E-state index is 0.500. The summed E-state index contributed by atoms with van der Waals surface area (Å²) in [7, 11) is 0. The summed E-state index contributed by atoms with van der Waals surface area (Å²) in [6.45, 7) is 5.20. The lowest BCUT2D eigenvalue weighted by atomic mass is 9.80. The van der Waals surface area contributed by atoms with Crippen LogP contribution in [-0.4, -0.2) is 34.1 Å². The molecular formula is C14H25NO2. The van der Waals surface area contributed by atoms with Crippen LogP contribution in [0.3, 0.4) is 0 Å². The molecule has 1 saturated carbocycles. The van der Waals surface area contributed by atoms with Crippen LogP contribution in [0.1, 0.15) is 58.8 Å². The fourth-order valence-electron chi connectivity index (χ4n) is 3.64. The monoisotopic (exact) mass is 239 g/mol. The van der Waals surface area contributed by atoms with Gasteiger partial charge < -0.3 is 5.11 Å². The van der Waals surface area contributed by atoms with Crippen LogP contribution in [0.4, 0.5) is 0 Å². The lowest BCUT2D eigenvalue weighted by Crippen LogP contribution is -2.59. The second-order valence-electron chi connectivity index (χ2n) is 6.16. The van der Waals surface area contributed by atoms with Gasteiger partial charge in [0.25, 0.3) is 0 Å². The molecule has 0 amide bonds. The van der Waals surface area contributed by atoms with E-state index in [1.54, 1.807) is 0 Å². The lowest BCUT2D eigenvalue weighted by molar-refractivity contribution is -0.156. The average molecular weight is 239 g/mol. The van der Waals surface area contributed by atoms with Gasteiger partial charge in [0.05, 0.1) is 0 Å². The normalized spacial score (nSPS) is 40.1. The van der Waals surface area contributed by atoms with E-state index in [9.17, 15) is 9.90 Å². The van der Waals surface area contributed by atoms with E-state index in [1.165, 1.54) is 25.7 Å². The van der Waals surface area contributed by atoms with E-state index in [1.807, 2.05) is 6.92 Å². The molecule has 2 aliphatic rings. The van der Waals surface area contributed by atoms with Crippen molar-refractivity contribution in [3.05, 3.63) is 0 Å². The summed E-state index contributed by atoms with van der Waals surface area (Å²) in [5, 5.41) is 9.52. The minimum Gasteiger partial charge on any atom is -0.480 e. The molecule has 0 bridgehead atoms. The van der Waals surface area contributed by atoms with Gasteiger partial charge in [-0.2, -0.15) is 0 Å². The molecule has 0 aromatic heterocycles. The van der Waals surface area contributed by atoms with Gasteiger partial charge in [0, 0.05) is 6.04 Å². The van der Waals surface area contributed by atoms with E-state index in [4.69, 9.17) is 0 Å². The van der Waals surface area contributed by atoms with Crippen molar-refractivity contribution in [2.24, 2.45) is 5.92 Å². The average Bonchev–Trinajstić information content (AvgIpc) is 2.29. The first-order chi connectivity index (χ1) is 8.04. The molecule has 1 N–H and O–H groups in total. The second kappa shape index (κ2) is 4.97. The number of likely N-dealkylation sites (tertiary alicyclic amines) is 1. The quantitative estimate of drug-likeness (QED) is 0.805. The van der Waals surface area contributed by atoms with Gasteiger partial charge in [0.15, 0.2) is 0 Å². The van der Waals surface area contributed by atoms with E-state index < -0.39 is 11.5 Å². The number of carboxylic acid groups (broad SMARTS) is 1. The summed E-state index contributed by atoms with van der Waals surface area (Å²) in [4.78, 5) is 13.9. The molecule has 0 aromatic carbocycles. The van der Waals surface area contributed by atoms with E-state index >= 15 is 0 Å². The largest absolute Gasteiger partial charge is 0.480 e. The first kappa shape index (κ1) is 12.9. The summed E-state index contributed by atoms with van der Waals surface area (Å²) >= 11 is 0. The molecule has 1 heterocycles. The Morgan fingerprint density at radius 1 is 1.29 bits per heavy atom. The molecule has 3 unspecified atom stereocenters. The van der Waals surface area contributed by atoms with Crippen molar-refractivity contribution in [1.29, 1.82) is 0 Å². The van der Waals surface area contributed by atoms with Crippen LogP contribution in [0, 0.1) is 5.92 Å². The third-order valence-electron chi connectivity index (χ3n) is 4.76. The van der Waals surface area contributed by atoms with Crippen LogP contribution in [-0.2, 0) is 4.79 Å². The highest BCUT2D eigenvalue weighted by Crippen LogP contribution is 2.36. The number of rotatable bonds is 2. The number of piperidine rings is 1. The minimum atomic E-state index is -0.629. The van der Waals surface area contributed by atoms with Gasteiger partial charge in [-0.15, -0.1) is 0 Å². The fourth-order valence-corrected chi connectivity index (χ4v) is 3.64. The summed E-state index contributed by atoms with van der Waals surface area (Å²) in [5.41, 5.74) is -0.611. The molecule has 3 atom stereocenters. The van der Waals surface area contributed by atoms with Gasteiger partial charge in [0.2, 0.25) is 0 Å². The smallest absolute Gasteiger partial charge is 0.323 e. The summed E-state index contributed by atoms with van der Waals surface area (Å²) in [5.74, 6) is 0.129. The topological polar surface area (TPSA) is 40.5 Å². The Kier molecular flexibility index (Phi) is 3.76. The van der Waals surface area contributed by atoms with E-state index in [2.05, 4.69) is 11.8 Å². The van der Waals surface area contributed by atoms with Crippen LogP contribution in [0.5, 0.6) is 0 Å². The van der Waals surface area contributed by atoms with Crippen LogP contribution >= 0.6 is 0 Å². The van der Waals surface area contributed by atoms with Crippen molar-refractivity contribution < 1.29 is 9.90 Å². The van der Waals surface area contributed by atoms with Gasteiger partial charge in [-0.1, -0.05) is 19.8 Å². The van der Waals surface area contributed by atoms with Crippen LogP contribution in [0.15, 0.2) is 0 Å². The molecule has 1 aliphatic heterocycles. The van der Waals surface area contributed by atoms with E-state index in [-0.39, 0.29) is 0 Å². The highest BCUT2D eigenvalue weighted by molar-refractivity contribution is 5.78. The third kappa shape index (κ3) is 2.49. The molecule has 2 fully saturated rings. The maximum absolute atomic E-state index is 11.6. The van der Waals surface area contributed by atoms with Crippen molar-refractivity contribution in [2.45, 2.75) is 70.4 Å². The molecule has 98 valence electrons. The number of carbonyl (C=O) groups is 1. The Balaban J connectivity index is 2.13. The molecule has 0 radical (unpaired) electrons. The Morgan fingerprint density at radius 3 is 2.71 bits per heavy atom. The SMILES string of the molecule is CC1CCCC(N2CCCCC2(C)C(=O)O)C1. The lowest BCUT2D eigenvalue weighted by Gasteiger charge is -2.48. The predicted octanol–water partition coefficient (Wildman–Crippen LogP) is 2.89. The maximum Gasteiger partial charge on any atom is 0.323 e. The Bertz CT molecular complexity index is 292. The zero-order chi connectivity index (χ0) is 12.5. The standard InChI is InChI=1S/C14H25NO2/c1-11-6-5-7-12(10-11)15-9-4-3-8-14(15,2)13(16)17/h11-12H,3-10H2,1-2H3,(H,16,17). The molecule has 0 spiro atoms. The molecule has 0 aromatic rings. The van der Waals surface area contributed by atoms with Crippen molar-refractivity contribution in [3.63, 3.8) is 0 Å². The molecular weight excluding hydrogens is 214 g/mol. The first-order valence-electron chi connectivity index (χ1n) is 7.04. The number of hydrogen-bond acceptors (Lipinski definition) is 2. The number of nitrogens with zero attached hydrogens (tertiary/aromatic N) is 1. The van der Waals surface area contributed by atoms with Crippen LogP contribution in [0.2, 0.25) is 0 Å². The van der Waals surface area contributed by atoms with Crippen molar-refractivity contribution in [1.82, 2.24) is 4.90 Å². The number of carboxylic acids is 1. The first-order valence-corrected chi connectivity index (χ1v) is 7.04. The maximum atomic E-state index is 11.6. The summed E-state index contributed by atoms with van der Waals surface area (Å²) < 4.78 is 0. The van der Waals surface area contributed by atoms with Gasteiger partial charge in [-0.3, -0.25) is 9.69 Å². The van der Waals surface area contributed by atoms with Gasteiger partial charge >= 0.3 is 5.97 Å². The van der Waals surface area contributed by atoms with Gasteiger partial charge in [-0.25, -0.2) is 0 Å². The molecule has 17 heavy (non-hydrogen) atoms. The summed E-state index contributed by atoms with van der Waals surface area (Å²) in [6.07, 6.45) is 7.98.